The monoisotopic (exact) mass is 803 g/mol. The van der Waals surface area contributed by atoms with Gasteiger partial charge in [0.05, 0.1) is 44.5 Å². The maximum Gasteiger partial charge on any atom is 0.160 e. The molecule has 4 aromatic heterocycles. The van der Waals surface area contributed by atoms with Crippen LogP contribution in [-0.4, -0.2) is 23.7 Å². The third-order valence-corrected chi connectivity index (χ3v) is 12.6. The minimum absolute atomic E-state index is 0.695. The lowest BCUT2D eigenvalue weighted by atomic mass is 10.0. The van der Waals surface area contributed by atoms with Gasteiger partial charge in [0.15, 0.2) is 5.82 Å². The minimum atomic E-state index is 0.695. The van der Waals surface area contributed by atoms with Crippen LogP contribution in [0.5, 0.6) is 0 Å². The summed E-state index contributed by atoms with van der Waals surface area (Å²) in [6.07, 6.45) is 0. The molecule has 0 atom stereocenters. The first-order valence-corrected chi connectivity index (χ1v) is 21.4. The number of hydrogen-bond acceptors (Lipinski definition) is 2. The van der Waals surface area contributed by atoms with Crippen molar-refractivity contribution < 1.29 is 0 Å². The molecule has 0 amide bonds. The van der Waals surface area contributed by atoms with Crippen LogP contribution in [0.1, 0.15) is 0 Å². The van der Waals surface area contributed by atoms with E-state index in [9.17, 15) is 0 Å². The topological polar surface area (TPSA) is 40.6 Å². The van der Waals surface area contributed by atoms with Gasteiger partial charge >= 0.3 is 0 Å². The van der Waals surface area contributed by atoms with E-state index in [2.05, 4.69) is 214 Å². The second-order valence-electron chi connectivity index (χ2n) is 16.2. The summed E-state index contributed by atoms with van der Waals surface area (Å²) in [5.41, 5.74) is 15.1. The van der Waals surface area contributed by atoms with E-state index in [1.54, 1.807) is 0 Å². The van der Waals surface area contributed by atoms with Crippen molar-refractivity contribution in [1.29, 1.82) is 0 Å². The summed E-state index contributed by atoms with van der Waals surface area (Å²) in [6.45, 7) is 0. The summed E-state index contributed by atoms with van der Waals surface area (Å²) in [5.74, 6) is 0.695. The van der Waals surface area contributed by atoms with Gasteiger partial charge < -0.3 is 13.7 Å². The highest BCUT2D eigenvalue weighted by atomic mass is 15.0. The number of benzene rings is 9. The first kappa shape index (κ1) is 35.2. The van der Waals surface area contributed by atoms with Crippen LogP contribution in [0.15, 0.2) is 224 Å². The lowest BCUT2D eigenvalue weighted by Crippen LogP contribution is -1.96. The molecular formula is C58H37N5. The van der Waals surface area contributed by atoms with Gasteiger partial charge in [-0.3, -0.25) is 0 Å². The van der Waals surface area contributed by atoms with Crippen molar-refractivity contribution in [1.82, 2.24) is 23.7 Å². The van der Waals surface area contributed by atoms with E-state index >= 15 is 0 Å². The Morgan fingerprint density at radius 1 is 0.286 bits per heavy atom. The van der Waals surface area contributed by atoms with Crippen LogP contribution in [0, 0.1) is 0 Å². The zero-order chi connectivity index (χ0) is 41.4. The number of hydrogen-bond donors (Lipinski definition) is 0. The fourth-order valence-corrected chi connectivity index (χ4v) is 9.96. The quantitative estimate of drug-likeness (QED) is 0.168. The predicted molar refractivity (Wildman–Crippen MR) is 261 cm³/mol. The number of fused-ring (bicyclic) bond motifs is 10. The molecule has 13 rings (SSSR count). The molecule has 294 valence electrons. The van der Waals surface area contributed by atoms with E-state index in [1.165, 1.54) is 32.6 Å². The molecule has 0 fully saturated rings. The Morgan fingerprint density at radius 2 is 0.810 bits per heavy atom. The molecule has 13 aromatic rings. The largest absolute Gasteiger partial charge is 0.309 e. The van der Waals surface area contributed by atoms with Crippen molar-refractivity contribution in [3.63, 3.8) is 0 Å². The standard InChI is InChI=1S/C58H37N5/c1-5-18-38(19-6-1)48-37-49(60-58(59-48)39-20-7-2-8-21-39)45-28-17-31-53-55(45)47-36-42(32-34-52(47)61(53)40-22-9-3-10-23-40)62-51-30-16-14-27-46(51)56-54(62)35-33-44-43-26-13-15-29-50(43)63(57(44)56)41-24-11-4-12-25-41/h1-37H. The Bertz CT molecular complexity index is 3820. The average molecular weight is 804 g/mol. The van der Waals surface area contributed by atoms with Crippen molar-refractivity contribution in [3.05, 3.63) is 224 Å². The Balaban J connectivity index is 1.12. The average Bonchev–Trinajstić information content (AvgIpc) is 4.00. The molecule has 0 saturated heterocycles. The van der Waals surface area contributed by atoms with Crippen LogP contribution in [0.4, 0.5) is 0 Å². The first-order valence-electron chi connectivity index (χ1n) is 21.4. The molecule has 5 nitrogen and oxygen atoms in total. The van der Waals surface area contributed by atoms with Crippen molar-refractivity contribution in [2.75, 3.05) is 0 Å². The van der Waals surface area contributed by atoms with Gasteiger partial charge in [0.25, 0.3) is 0 Å². The van der Waals surface area contributed by atoms with Gasteiger partial charge in [-0.05, 0) is 72.8 Å². The third-order valence-electron chi connectivity index (χ3n) is 12.6. The Kier molecular flexibility index (Phi) is 7.84. The molecule has 0 aliphatic rings. The lowest BCUT2D eigenvalue weighted by molar-refractivity contribution is 1.16. The number of para-hydroxylation sites is 4. The van der Waals surface area contributed by atoms with E-state index in [0.29, 0.717) is 5.82 Å². The first-order chi connectivity index (χ1) is 31.3. The molecule has 4 heterocycles. The number of nitrogens with zero attached hydrogens (tertiary/aromatic N) is 5. The second kappa shape index (κ2) is 14.0. The highest BCUT2D eigenvalue weighted by Gasteiger charge is 2.23. The van der Waals surface area contributed by atoms with Crippen molar-refractivity contribution >= 4 is 65.4 Å². The fraction of sp³-hybridized carbons (Fsp3) is 0. The van der Waals surface area contributed by atoms with Crippen LogP contribution in [0.2, 0.25) is 0 Å². The summed E-state index contributed by atoms with van der Waals surface area (Å²) in [4.78, 5) is 10.5. The van der Waals surface area contributed by atoms with E-state index in [0.717, 1.165) is 78.0 Å². The van der Waals surface area contributed by atoms with Gasteiger partial charge in [-0.2, -0.15) is 0 Å². The molecule has 5 heteroatoms. The van der Waals surface area contributed by atoms with Crippen LogP contribution in [0.25, 0.3) is 116 Å². The highest BCUT2D eigenvalue weighted by molar-refractivity contribution is 6.26. The van der Waals surface area contributed by atoms with Gasteiger partial charge in [0, 0.05) is 66.1 Å². The smallest absolute Gasteiger partial charge is 0.160 e. The summed E-state index contributed by atoms with van der Waals surface area (Å²) >= 11 is 0. The zero-order valence-electron chi connectivity index (χ0n) is 34.1. The highest BCUT2D eigenvalue weighted by Crippen LogP contribution is 2.44. The van der Waals surface area contributed by atoms with Crippen molar-refractivity contribution in [2.24, 2.45) is 0 Å². The lowest BCUT2D eigenvalue weighted by Gasteiger charge is -2.11. The second-order valence-corrected chi connectivity index (χ2v) is 16.2. The number of aromatic nitrogens is 5. The molecule has 0 saturated carbocycles. The Labute approximate surface area is 363 Å². The molecule has 63 heavy (non-hydrogen) atoms. The van der Waals surface area contributed by atoms with Gasteiger partial charge in [-0.15, -0.1) is 0 Å². The van der Waals surface area contributed by atoms with Crippen LogP contribution < -0.4 is 0 Å². The van der Waals surface area contributed by atoms with Crippen LogP contribution in [-0.2, 0) is 0 Å². The predicted octanol–water partition coefficient (Wildman–Crippen LogP) is 14.8. The SMILES string of the molecule is c1ccc(-c2cc(-c3cccc4c3c3cc(-n5c6ccccc6c6c5ccc5c7ccccc7n(-c7ccccc7)c56)ccc3n4-c3ccccc3)nc(-c3ccccc3)n2)cc1. The van der Waals surface area contributed by atoms with E-state index in [4.69, 9.17) is 9.97 Å². The van der Waals surface area contributed by atoms with E-state index in [1.807, 2.05) is 24.3 Å². The molecule has 0 aliphatic heterocycles. The van der Waals surface area contributed by atoms with Crippen molar-refractivity contribution in [2.45, 2.75) is 0 Å². The molecule has 0 unspecified atom stereocenters. The fourth-order valence-electron chi connectivity index (χ4n) is 9.96. The summed E-state index contributed by atoms with van der Waals surface area (Å²) in [7, 11) is 0. The Morgan fingerprint density at radius 3 is 1.54 bits per heavy atom. The summed E-state index contributed by atoms with van der Waals surface area (Å²) < 4.78 is 7.29. The molecular weight excluding hydrogens is 767 g/mol. The third kappa shape index (κ3) is 5.43. The maximum atomic E-state index is 5.34. The molecule has 9 aromatic carbocycles. The summed E-state index contributed by atoms with van der Waals surface area (Å²) in [6, 6.07) is 80.2. The maximum absolute atomic E-state index is 5.34. The van der Waals surface area contributed by atoms with Crippen LogP contribution in [0.3, 0.4) is 0 Å². The molecule has 0 radical (unpaired) electrons. The molecule has 0 N–H and O–H groups in total. The van der Waals surface area contributed by atoms with Gasteiger partial charge in [0.2, 0.25) is 0 Å². The Hall–Kier alpha value is -8.54. The zero-order valence-corrected chi connectivity index (χ0v) is 34.1. The van der Waals surface area contributed by atoms with E-state index in [-0.39, 0.29) is 0 Å². The normalized spacial score (nSPS) is 11.8. The molecule has 0 aliphatic carbocycles. The summed E-state index contributed by atoms with van der Waals surface area (Å²) in [5, 5.41) is 7.22. The van der Waals surface area contributed by atoms with Gasteiger partial charge in [-0.1, -0.05) is 152 Å². The minimum Gasteiger partial charge on any atom is -0.309 e. The van der Waals surface area contributed by atoms with Gasteiger partial charge in [-0.25, -0.2) is 9.97 Å². The van der Waals surface area contributed by atoms with Crippen molar-refractivity contribution in [3.8, 4) is 51.0 Å². The number of rotatable bonds is 6. The van der Waals surface area contributed by atoms with E-state index < -0.39 is 0 Å². The van der Waals surface area contributed by atoms with Gasteiger partial charge in [0.1, 0.15) is 0 Å². The molecule has 0 spiro atoms. The van der Waals surface area contributed by atoms with Crippen LogP contribution >= 0.6 is 0 Å². The molecule has 0 bridgehead atoms.